The minimum Gasteiger partial charge on any atom is -0.456 e. The highest BCUT2D eigenvalue weighted by Gasteiger charge is 2.19. The van der Waals surface area contributed by atoms with Crippen molar-refractivity contribution < 1.29 is 4.42 Å². The van der Waals surface area contributed by atoms with Crippen molar-refractivity contribution in [3.05, 3.63) is 146 Å². The molecule has 0 aliphatic heterocycles. The Balaban J connectivity index is 1.26. The molecule has 0 radical (unpaired) electrons. The molecule has 0 unspecified atom stereocenters. The van der Waals surface area contributed by atoms with Crippen molar-refractivity contribution in [3.8, 4) is 34.3 Å². The third-order valence-corrected chi connectivity index (χ3v) is 9.13. The molecule has 0 atom stereocenters. The summed E-state index contributed by atoms with van der Waals surface area (Å²) < 4.78 is 6.21. The highest BCUT2D eigenvalue weighted by molar-refractivity contribution is 6.20. The fourth-order valence-corrected chi connectivity index (χ4v) is 6.87. The highest BCUT2D eigenvalue weighted by atomic mass is 16.3. The van der Waals surface area contributed by atoms with E-state index in [9.17, 15) is 0 Å². The molecule has 3 heterocycles. The first-order chi connectivity index (χ1) is 23.3. The van der Waals surface area contributed by atoms with Crippen molar-refractivity contribution in [2.24, 2.45) is 0 Å². The van der Waals surface area contributed by atoms with Gasteiger partial charge in [0.1, 0.15) is 16.9 Å². The molecule has 47 heavy (non-hydrogen) atoms. The lowest BCUT2D eigenvalue weighted by atomic mass is 9.95. The molecule has 0 spiro atoms. The van der Waals surface area contributed by atoms with Gasteiger partial charge in [-0.25, -0.2) is 15.0 Å². The number of pyridine rings is 1. The van der Waals surface area contributed by atoms with E-state index in [2.05, 4.69) is 109 Å². The van der Waals surface area contributed by atoms with Crippen LogP contribution in [0.4, 0.5) is 0 Å². The van der Waals surface area contributed by atoms with Crippen LogP contribution in [0.15, 0.2) is 150 Å². The first kappa shape index (κ1) is 25.8. The van der Waals surface area contributed by atoms with Gasteiger partial charge in [0.2, 0.25) is 0 Å². The molecular weight excluding hydrogens is 576 g/mol. The minimum absolute atomic E-state index is 0.499. The average molecular weight is 601 g/mol. The number of para-hydroxylation sites is 1. The molecule has 5 heteroatoms. The Morgan fingerprint density at radius 1 is 0.383 bits per heavy atom. The van der Waals surface area contributed by atoms with Crippen molar-refractivity contribution in [1.29, 1.82) is 0 Å². The van der Waals surface area contributed by atoms with E-state index in [-0.39, 0.29) is 0 Å². The summed E-state index contributed by atoms with van der Waals surface area (Å²) in [5.74, 6) is 1.67. The van der Waals surface area contributed by atoms with Crippen LogP contribution in [0, 0.1) is 0 Å². The Labute approximate surface area is 268 Å². The van der Waals surface area contributed by atoms with Crippen LogP contribution in [0.25, 0.3) is 99.3 Å². The third-order valence-electron chi connectivity index (χ3n) is 9.13. The van der Waals surface area contributed by atoms with Crippen LogP contribution < -0.4 is 0 Å². The normalized spacial score (nSPS) is 11.8. The summed E-state index contributed by atoms with van der Waals surface area (Å²) in [5.41, 5.74) is 4.03. The molecule has 0 aliphatic carbocycles. The molecule has 10 aromatic rings. The zero-order chi connectivity index (χ0) is 30.9. The molecule has 3 aromatic heterocycles. The first-order valence-electron chi connectivity index (χ1n) is 15.6. The van der Waals surface area contributed by atoms with E-state index in [1.54, 1.807) is 6.20 Å². The Bertz CT molecular complexity index is 2870. The number of furan rings is 1. The van der Waals surface area contributed by atoms with E-state index in [1.165, 1.54) is 21.5 Å². The Kier molecular flexibility index (Phi) is 5.51. The van der Waals surface area contributed by atoms with Crippen LogP contribution in [-0.4, -0.2) is 19.9 Å². The van der Waals surface area contributed by atoms with Crippen LogP contribution in [0.1, 0.15) is 0 Å². The molecule has 0 saturated heterocycles. The molecule has 7 aromatic carbocycles. The van der Waals surface area contributed by atoms with Gasteiger partial charge in [-0.1, -0.05) is 115 Å². The zero-order valence-electron chi connectivity index (χ0n) is 25.1. The largest absolute Gasteiger partial charge is 0.456 e. The third kappa shape index (κ3) is 4.10. The van der Waals surface area contributed by atoms with Gasteiger partial charge in [0, 0.05) is 22.7 Å². The SMILES string of the molecule is c1ccc2cc(-c3nc(-c4ccc5ccc6ccc7ccccc7c6c5c4)nc(-c4nccc5oc6ccccc6c45)n3)ccc2c1. The van der Waals surface area contributed by atoms with E-state index in [0.717, 1.165) is 54.6 Å². The number of benzene rings is 7. The van der Waals surface area contributed by atoms with Gasteiger partial charge in [-0.2, -0.15) is 0 Å². The maximum Gasteiger partial charge on any atom is 0.183 e. The van der Waals surface area contributed by atoms with E-state index in [0.29, 0.717) is 23.2 Å². The molecule has 0 amide bonds. The maximum atomic E-state index is 6.21. The number of hydrogen-bond donors (Lipinski definition) is 0. The van der Waals surface area contributed by atoms with Crippen LogP contribution in [0.3, 0.4) is 0 Å². The summed E-state index contributed by atoms with van der Waals surface area (Å²) in [4.78, 5) is 20.1. The summed E-state index contributed by atoms with van der Waals surface area (Å²) in [6, 6.07) is 48.4. The van der Waals surface area contributed by atoms with Crippen molar-refractivity contribution >= 4 is 65.0 Å². The number of nitrogens with zero attached hydrogens (tertiary/aromatic N) is 4. The maximum absolute atomic E-state index is 6.21. The van der Waals surface area contributed by atoms with Crippen molar-refractivity contribution in [2.45, 2.75) is 0 Å². The fraction of sp³-hybridized carbons (Fsp3) is 0. The quantitative estimate of drug-likeness (QED) is 0.189. The van der Waals surface area contributed by atoms with Crippen LogP contribution in [0.5, 0.6) is 0 Å². The van der Waals surface area contributed by atoms with Crippen LogP contribution in [-0.2, 0) is 0 Å². The molecule has 218 valence electrons. The lowest BCUT2D eigenvalue weighted by Crippen LogP contribution is -2.01. The molecule has 0 fully saturated rings. The van der Waals surface area contributed by atoms with Crippen LogP contribution in [0.2, 0.25) is 0 Å². The number of fused-ring (bicyclic) bond motifs is 9. The van der Waals surface area contributed by atoms with Gasteiger partial charge in [-0.3, -0.25) is 4.98 Å². The van der Waals surface area contributed by atoms with Crippen molar-refractivity contribution in [1.82, 2.24) is 19.9 Å². The van der Waals surface area contributed by atoms with E-state index in [4.69, 9.17) is 24.4 Å². The molecule has 5 nitrogen and oxygen atoms in total. The smallest absolute Gasteiger partial charge is 0.183 e. The predicted octanol–water partition coefficient (Wildman–Crippen LogP) is 10.8. The van der Waals surface area contributed by atoms with E-state index in [1.807, 2.05) is 30.3 Å². The minimum atomic E-state index is 0.499. The highest BCUT2D eigenvalue weighted by Crippen LogP contribution is 2.37. The monoisotopic (exact) mass is 600 g/mol. The molecule has 0 N–H and O–H groups in total. The number of hydrogen-bond acceptors (Lipinski definition) is 5. The summed E-state index contributed by atoms with van der Waals surface area (Å²) >= 11 is 0. The van der Waals surface area contributed by atoms with Gasteiger partial charge in [0.05, 0.1) is 5.39 Å². The Hall–Kier alpha value is -6.46. The van der Waals surface area contributed by atoms with Gasteiger partial charge in [-0.15, -0.1) is 0 Å². The van der Waals surface area contributed by atoms with Crippen molar-refractivity contribution in [3.63, 3.8) is 0 Å². The van der Waals surface area contributed by atoms with E-state index >= 15 is 0 Å². The lowest BCUT2D eigenvalue weighted by molar-refractivity contribution is 0.668. The lowest BCUT2D eigenvalue weighted by Gasteiger charge is -2.11. The van der Waals surface area contributed by atoms with Gasteiger partial charge in [-0.05, 0) is 67.4 Å². The molecular formula is C42H24N4O. The summed E-state index contributed by atoms with van der Waals surface area (Å²) in [7, 11) is 0. The average Bonchev–Trinajstić information content (AvgIpc) is 3.53. The second kappa shape index (κ2) is 10.0. The van der Waals surface area contributed by atoms with Crippen molar-refractivity contribution in [2.75, 3.05) is 0 Å². The Morgan fingerprint density at radius 3 is 1.81 bits per heavy atom. The van der Waals surface area contributed by atoms with Gasteiger partial charge < -0.3 is 4.42 Å². The number of aromatic nitrogens is 4. The summed E-state index contributed by atoms with van der Waals surface area (Å²) in [6.45, 7) is 0. The molecule has 0 bridgehead atoms. The van der Waals surface area contributed by atoms with Gasteiger partial charge in [0.15, 0.2) is 17.5 Å². The van der Waals surface area contributed by atoms with Gasteiger partial charge >= 0.3 is 0 Å². The summed E-state index contributed by atoms with van der Waals surface area (Å²) in [6.07, 6.45) is 1.76. The zero-order valence-corrected chi connectivity index (χ0v) is 25.1. The molecule has 10 rings (SSSR count). The first-order valence-corrected chi connectivity index (χ1v) is 15.6. The topological polar surface area (TPSA) is 64.7 Å². The number of rotatable bonds is 3. The second-order valence-corrected chi connectivity index (χ2v) is 11.9. The van der Waals surface area contributed by atoms with Gasteiger partial charge in [0.25, 0.3) is 0 Å². The predicted molar refractivity (Wildman–Crippen MR) is 191 cm³/mol. The Morgan fingerprint density at radius 2 is 0.979 bits per heavy atom. The van der Waals surface area contributed by atoms with Crippen LogP contribution >= 0.6 is 0 Å². The fourth-order valence-electron chi connectivity index (χ4n) is 6.87. The molecule has 0 saturated carbocycles. The standard InChI is InChI=1S/C42H24N4O/c1-2-9-29-23-30(19-13-25(29)7-1)40-44-41(46-42(45-40)39-38-33-11-5-6-12-35(33)47-36(38)21-22-43-39)31-20-16-27-15-18-28-17-14-26-8-3-4-10-32(26)37(28)34(27)24-31/h1-24H. The summed E-state index contributed by atoms with van der Waals surface area (Å²) in [5, 5.41) is 11.3. The van der Waals surface area contributed by atoms with E-state index < -0.39 is 0 Å². The molecule has 0 aliphatic rings. The second-order valence-electron chi connectivity index (χ2n) is 11.9.